The first kappa shape index (κ1) is 20.2. The van der Waals surface area contributed by atoms with Gasteiger partial charge in [0.05, 0.1) is 11.1 Å². The lowest BCUT2D eigenvalue weighted by Gasteiger charge is -2.65. The van der Waals surface area contributed by atoms with Crippen LogP contribution < -0.4 is 5.32 Å². The molecule has 4 aliphatic heterocycles. The summed E-state index contributed by atoms with van der Waals surface area (Å²) in [6, 6.07) is 6.05. The van der Waals surface area contributed by atoms with Crippen LogP contribution in [0.1, 0.15) is 69.1 Å². The van der Waals surface area contributed by atoms with Gasteiger partial charge in [0.25, 0.3) is 0 Å². The van der Waals surface area contributed by atoms with Crippen LogP contribution in [0.25, 0.3) is 10.9 Å². The second-order valence-electron chi connectivity index (χ2n) is 11.8. The fourth-order valence-corrected chi connectivity index (χ4v) is 7.74. The van der Waals surface area contributed by atoms with Gasteiger partial charge >= 0.3 is 0 Å². The molecule has 4 fully saturated rings. The van der Waals surface area contributed by atoms with E-state index < -0.39 is 0 Å². The molecule has 2 bridgehead atoms. The second kappa shape index (κ2) is 6.13. The van der Waals surface area contributed by atoms with E-state index in [0.29, 0.717) is 11.8 Å². The van der Waals surface area contributed by atoms with Crippen molar-refractivity contribution < 1.29 is 9.59 Å². The fourth-order valence-electron chi connectivity index (χ4n) is 7.74. The van der Waals surface area contributed by atoms with Crippen LogP contribution in [0.5, 0.6) is 0 Å². The van der Waals surface area contributed by atoms with Gasteiger partial charge in [-0.2, -0.15) is 0 Å². The maximum Gasteiger partial charge on any atom is 0.241 e. The summed E-state index contributed by atoms with van der Waals surface area (Å²) >= 11 is 0. The highest BCUT2D eigenvalue weighted by molar-refractivity contribution is 6.13. The van der Waals surface area contributed by atoms with Crippen molar-refractivity contribution in [3.05, 3.63) is 46.7 Å². The number of piperazine rings is 1. The van der Waals surface area contributed by atoms with E-state index in [-0.39, 0.29) is 28.2 Å². The van der Waals surface area contributed by atoms with Gasteiger partial charge < -0.3 is 10.3 Å². The molecule has 2 N–H and O–H groups in total. The number of fused-ring (bicyclic) bond motifs is 4. The number of amides is 1. The number of benzene rings is 1. The lowest BCUT2D eigenvalue weighted by Crippen LogP contribution is -2.82. The van der Waals surface area contributed by atoms with Gasteiger partial charge in [0, 0.05) is 35.1 Å². The minimum absolute atomic E-state index is 0.0466. The second-order valence-corrected chi connectivity index (χ2v) is 11.8. The zero-order valence-corrected chi connectivity index (χ0v) is 19.8. The number of H-pyrrole nitrogens is 1. The van der Waals surface area contributed by atoms with Gasteiger partial charge in [-0.25, -0.2) is 0 Å². The van der Waals surface area contributed by atoms with Gasteiger partial charge in [-0.3, -0.25) is 14.5 Å². The number of ketones is 1. The van der Waals surface area contributed by atoms with E-state index >= 15 is 0 Å². The largest absolute Gasteiger partial charge is 0.357 e. The number of nitrogens with one attached hydrogen (secondary N) is 2. The molecule has 32 heavy (non-hydrogen) atoms. The third kappa shape index (κ3) is 2.38. The van der Waals surface area contributed by atoms with Gasteiger partial charge in [0.2, 0.25) is 5.91 Å². The molecule has 4 atom stereocenters. The summed E-state index contributed by atoms with van der Waals surface area (Å²) in [6.45, 7) is 12.8. The van der Waals surface area contributed by atoms with Crippen LogP contribution in [-0.2, 0) is 16.6 Å². The van der Waals surface area contributed by atoms with Crippen LogP contribution >= 0.6 is 0 Å². The van der Waals surface area contributed by atoms with E-state index in [1.54, 1.807) is 6.08 Å². The van der Waals surface area contributed by atoms with E-state index in [9.17, 15) is 9.59 Å². The lowest BCUT2D eigenvalue weighted by atomic mass is 9.51. The lowest BCUT2D eigenvalue weighted by molar-refractivity contribution is -0.160. The number of aromatic nitrogens is 1. The van der Waals surface area contributed by atoms with Crippen molar-refractivity contribution >= 4 is 22.6 Å². The molecule has 5 heteroatoms. The molecule has 1 aliphatic carbocycles. The summed E-state index contributed by atoms with van der Waals surface area (Å²) < 4.78 is 0. The fraction of sp³-hybridized carbons (Fsp3) is 0.556. The monoisotopic (exact) mass is 431 g/mol. The minimum atomic E-state index is -0.336. The highest BCUT2D eigenvalue weighted by Gasteiger charge is 2.69. The Morgan fingerprint density at radius 3 is 2.75 bits per heavy atom. The molecule has 4 saturated heterocycles. The summed E-state index contributed by atoms with van der Waals surface area (Å²) in [5.41, 5.74) is 4.49. The number of carbonyl (C=O) groups excluding carboxylic acids is 2. The number of carbonyl (C=O) groups is 2. The third-order valence-electron chi connectivity index (χ3n) is 8.92. The highest BCUT2D eigenvalue weighted by atomic mass is 16.2. The van der Waals surface area contributed by atoms with E-state index in [1.807, 2.05) is 26.0 Å². The third-order valence-corrected chi connectivity index (χ3v) is 8.92. The maximum atomic E-state index is 13.4. The Kier molecular flexibility index (Phi) is 3.88. The zero-order chi connectivity index (χ0) is 22.6. The topological polar surface area (TPSA) is 65.2 Å². The molecular formula is C27H33N3O2. The number of hydrogen-bond acceptors (Lipinski definition) is 3. The zero-order valence-electron chi connectivity index (χ0n) is 19.8. The van der Waals surface area contributed by atoms with E-state index in [4.69, 9.17) is 0 Å². The highest BCUT2D eigenvalue weighted by Crippen LogP contribution is 2.59. The molecule has 5 nitrogen and oxygen atoms in total. The molecular weight excluding hydrogens is 398 g/mol. The number of aromatic amines is 1. The van der Waals surface area contributed by atoms with Gasteiger partial charge in [-0.15, -0.1) is 0 Å². The Labute approximate surface area is 189 Å². The Bertz CT molecular complexity index is 1220. The standard InChI is InChI=1S/C27H33N3O2/c1-15(2)9-20(31)18-8-6-7-17-19-11-26-14-30-13-16(3)10-27(30,24(32)29-26)12-21(26)25(4,5)23(19)28-22(17)18/h6-9,16,21,28H,10-14H2,1-5H3,(H,29,32)/t16-,21+,26-,27+/m1/s1. The first-order valence-corrected chi connectivity index (χ1v) is 12.0. The SMILES string of the molecule is CC(C)=CC(=O)c1cccc2c3c([nH]c12)C(C)(C)[C@@H]1C[C@]24C[C@@H](C)CN2C[C@@]1(C3)NC4=O. The van der Waals surface area contributed by atoms with Crippen molar-refractivity contribution in [2.24, 2.45) is 11.8 Å². The number of para-hydroxylation sites is 1. The molecule has 7 rings (SSSR count). The van der Waals surface area contributed by atoms with Crippen molar-refractivity contribution in [3.63, 3.8) is 0 Å². The van der Waals surface area contributed by atoms with Crippen molar-refractivity contribution in [1.29, 1.82) is 0 Å². The smallest absolute Gasteiger partial charge is 0.241 e. The molecule has 5 heterocycles. The molecule has 1 aromatic carbocycles. The normalized spacial score (nSPS) is 34.6. The van der Waals surface area contributed by atoms with Crippen molar-refractivity contribution in [2.75, 3.05) is 13.1 Å². The molecule has 1 amide bonds. The summed E-state index contributed by atoms with van der Waals surface area (Å²) in [5.74, 6) is 1.21. The average Bonchev–Trinajstić information content (AvgIpc) is 3.23. The Morgan fingerprint density at radius 2 is 2.00 bits per heavy atom. The van der Waals surface area contributed by atoms with Crippen LogP contribution in [0, 0.1) is 11.8 Å². The van der Waals surface area contributed by atoms with Crippen molar-refractivity contribution in [2.45, 2.75) is 70.4 Å². The summed E-state index contributed by atoms with van der Waals surface area (Å²) in [7, 11) is 0. The molecule has 1 aromatic heterocycles. The van der Waals surface area contributed by atoms with Gasteiger partial charge in [-0.05, 0) is 62.7 Å². The van der Waals surface area contributed by atoms with Gasteiger partial charge in [-0.1, -0.05) is 38.5 Å². The predicted molar refractivity (Wildman–Crippen MR) is 126 cm³/mol. The molecule has 5 aliphatic rings. The molecule has 2 spiro atoms. The Hall–Kier alpha value is -2.40. The summed E-state index contributed by atoms with van der Waals surface area (Å²) in [4.78, 5) is 32.6. The Balaban J connectivity index is 1.53. The first-order chi connectivity index (χ1) is 15.1. The number of allylic oxidation sites excluding steroid dienone is 2. The molecule has 0 saturated carbocycles. The number of piperidine rings is 2. The minimum Gasteiger partial charge on any atom is -0.357 e. The van der Waals surface area contributed by atoms with E-state index in [1.165, 1.54) is 11.3 Å². The van der Waals surface area contributed by atoms with Crippen LogP contribution in [0.15, 0.2) is 29.8 Å². The summed E-state index contributed by atoms with van der Waals surface area (Å²) in [6.07, 6.45) is 4.43. The van der Waals surface area contributed by atoms with Crippen molar-refractivity contribution in [1.82, 2.24) is 15.2 Å². The van der Waals surface area contributed by atoms with Gasteiger partial charge in [0.1, 0.15) is 5.54 Å². The van der Waals surface area contributed by atoms with E-state index in [0.717, 1.165) is 54.4 Å². The maximum absolute atomic E-state index is 13.4. The van der Waals surface area contributed by atoms with Crippen LogP contribution in [0.2, 0.25) is 0 Å². The van der Waals surface area contributed by atoms with Crippen LogP contribution in [0.4, 0.5) is 0 Å². The van der Waals surface area contributed by atoms with Crippen LogP contribution in [-0.4, -0.2) is 45.7 Å². The first-order valence-electron chi connectivity index (χ1n) is 12.0. The van der Waals surface area contributed by atoms with Gasteiger partial charge in [0.15, 0.2) is 5.78 Å². The quantitative estimate of drug-likeness (QED) is 0.555. The average molecular weight is 432 g/mol. The summed E-state index contributed by atoms with van der Waals surface area (Å²) in [5, 5.41) is 4.68. The predicted octanol–water partition coefficient (Wildman–Crippen LogP) is 4.12. The molecule has 0 radical (unpaired) electrons. The molecule has 0 unspecified atom stereocenters. The number of nitrogens with zero attached hydrogens (tertiary/aromatic N) is 1. The van der Waals surface area contributed by atoms with E-state index in [2.05, 4.69) is 42.0 Å². The molecule has 168 valence electrons. The Morgan fingerprint density at radius 1 is 1.22 bits per heavy atom. The van der Waals surface area contributed by atoms with Crippen LogP contribution in [0.3, 0.4) is 0 Å². The number of rotatable bonds is 2. The number of hydrogen-bond donors (Lipinski definition) is 2. The van der Waals surface area contributed by atoms with Crippen molar-refractivity contribution in [3.8, 4) is 0 Å². The molecule has 2 aromatic rings.